The van der Waals surface area contributed by atoms with Crippen molar-refractivity contribution in [1.29, 1.82) is 0 Å². The second-order valence-corrected chi connectivity index (χ2v) is 4.74. The van der Waals surface area contributed by atoms with Gasteiger partial charge in [-0.05, 0) is 18.2 Å². The van der Waals surface area contributed by atoms with E-state index in [1.165, 1.54) is 30.3 Å². The van der Waals surface area contributed by atoms with Crippen molar-refractivity contribution in [2.45, 2.75) is 0 Å². The number of hydrogen-bond donors (Lipinski definition) is 1. The molecule has 0 aliphatic rings. The molecule has 2 rings (SSSR count). The number of benzene rings is 2. The molecule has 0 heterocycles. The second kappa shape index (κ2) is 5.99. The fraction of sp³-hybridized carbons (Fsp3) is 0. The van der Waals surface area contributed by atoms with Crippen LogP contribution in [0, 0.1) is 10.1 Å². The number of carbonyl (C=O) groups is 1. The van der Waals surface area contributed by atoms with E-state index in [-0.39, 0.29) is 16.3 Å². The number of carboxylic acids is 1. The number of rotatable bonds is 4. The lowest BCUT2D eigenvalue weighted by Crippen LogP contribution is -2.03. The highest BCUT2D eigenvalue weighted by atomic mass is 35.5. The predicted octanol–water partition coefficient (Wildman–Crippen LogP) is 4.39. The van der Waals surface area contributed by atoms with Crippen LogP contribution in [-0.2, 0) is 0 Å². The van der Waals surface area contributed by atoms with Crippen LogP contribution in [0.5, 0.6) is 11.5 Å². The number of nitro benzene ring substituents is 1. The van der Waals surface area contributed by atoms with Gasteiger partial charge in [0, 0.05) is 17.2 Å². The monoisotopic (exact) mass is 327 g/mol. The van der Waals surface area contributed by atoms with Gasteiger partial charge in [-0.15, -0.1) is 0 Å². The zero-order chi connectivity index (χ0) is 15.6. The first-order chi connectivity index (χ1) is 9.90. The summed E-state index contributed by atoms with van der Waals surface area (Å²) < 4.78 is 5.34. The van der Waals surface area contributed by atoms with E-state index in [9.17, 15) is 14.9 Å². The third kappa shape index (κ3) is 3.24. The Morgan fingerprint density at radius 1 is 1.24 bits per heavy atom. The first-order valence-corrected chi connectivity index (χ1v) is 6.29. The molecule has 2 aromatic rings. The SMILES string of the molecule is O=C(O)c1cccc([N+](=O)[O-])c1Oc1cc(Cl)ccc1Cl. The van der Waals surface area contributed by atoms with Crippen LogP contribution < -0.4 is 4.74 Å². The predicted molar refractivity (Wildman–Crippen MR) is 76.6 cm³/mol. The Morgan fingerprint density at radius 3 is 2.57 bits per heavy atom. The largest absolute Gasteiger partial charge is 0.478 e. The Labute approximate surface area is 128 Å². The number of para-hydroxylation sites is 1. The van der Waals surface area contributed by atoms with Crippen molar-refractivity contribution >= 4 is 34.9 Å². The van der Waals surface area contributed by atoms with Crippen LogP contribution in [0.3, 0.4) is 0 Å². The van der Waals surface area contributed by atoms with Gasteiger partial charge in [0.15, 0.2) is 0 Å². The summed E-state index contributed by atoms with van der Waals surface area (Å²) in [6, 6.07) is 7.88. The van der Waals surface area contributed by atoms with Crippen molar-refractivity contribution in [2.75, 3.05) is 0 Å². The van der Waals surface area contributed by atoms with E-state index in [0.717, 1.165) is 6.07 Å². The number of halogens is 2. The van der Waals surface area contributed by atoms with Gasteiger partial charge in [-0.3, -0.25) is 10.1 Å². The van der Waals surface area contributed by atoms with Gasteiger partial charge in [0.2, 0.25) is 5.75 Å². The molecule has 0 fully saturated rings. The van der Waals surface area contributed by atoms with Crippen LogP contribution in [0.4, 0.5) is 5.69 Å². The molecule has 0 unspecified atom stereocenters. The Morgan fingerprint density at radius 2 is 1.95 bits per heavy atom. The summed E-state index contributed by atoms with van der Waals surface area (Å²) in [7, 11) is 0. The van der Waals surface area contributed by atoms with Crippen molar-refractivity contribution in [3.63, 3.8) is 0 Å². The molecular weight excluding hydrogens is 321 g/mol. The van der Waals surface area contributed by atoms with Gasteiger partial charge < -0.3 is 9.84 Å². The molecule has 0 saturated carbocycles. The minimum Gasteiger partial charge on any atom is -0.478 e. The quantitative estimate of drug-likeness (QED) is 0.664. The van der Waals surface area contributed by atoms with E-state index < -0.39 is 22.3 Å². The smallest absolute Gasteiger partial charge is 0.339 e. The van der Waals surface area contributed by atoms with Gasteiger partial charge in [0.1, 0.15) is 11.3 Å². The van der Waals surface area contributed by atoms with Gasteiger partial charge in [-0.25, -0.2) is 4.79 Å². The maximum atomic E-state index is 11.2. The van der Waals surface area contributed by atoms with Gasteiger partial charge in [0.05, 0.1) is 9.95 Å². The van der Waals surface area contributed by atoms with Crippen molar-refractivity contribution in [1.82, 2.24) is 0 Å². The Kier molecular flexibility index (Phi) is 4.30. The minimum absolute atomic E-state index is 0.0287. The molecule has 6 nitrogen and oxygen atoms in total. The molecule has 21 heavy (non-hydrogen) atoms. The Hall–Kier alpha value is -2.31. The first-order valence-electron chi connectivity index (χ1n) is 5.53. The topological polar surface area (TPSA) is 89.7 Å². The third-order valence-electron chi connectivity index (χ3n) is 2.53. The lowest BCUT2D eigenvalue weighted by molar-refractivity contribution is -0.385. The highest BCUT2D eigenvalue weighted by Gasteiger charge is 2.24. The lowest BCUT2D eigenvalue weighted by Gasteiger charge is -2.10. The van der Waals surface area contributed by atoms with E-state index in [4.69, 9.17) is 33.0 Å². The van der Waals surface area contributed by atoms with Crippen LogP contribution in [0.25, 0.3) is 0 Å². The lowest BCUT2D eigenvalue weighted by atomic mass is 10.1. The van der Waals surface area contributed by atoms with Crippen molar-refractivity contribution in [3.05, 3.63) is 62.1 Å². The summed E-state index contributed by atoms with van der Waals surface area (Å²) in [5, 5.41) is 20.6. The number of nitro groups is 1. The molecule has 0 bridgehead atoms. The average molecular weight is 328 g/mol. The van der Waals surface area contributed by atoms with E-state index in [0.29, 0.717) is 5.02 Å². The molecule has 1 N–H and O–H groups in total. The average Bonchev–Trinajstić information content (AvgIpc) is 2.42. The van der Waals surface area contributed by atoms with E-state index in [1.54, 1.807) is 0 Å². The maximum absolute atomic E-state index is 11.2. The molecule has 0 radical (unpaired) electrons. The van der Waals surface area contributed by atoms with Gasteiger partial charge >= 0.3 is 11.7 Å². The number of aromatic carboxylic acids is 1. The minimum atomic E-state index is -1.35. The summed E-state index contributed by atoms with van der Waals surface area (Å²) in [6.45, 7) is 0. The van der Waals surface area contributed by atoms with Crippen LogP contribution in [0.1, 0.15) is 10.4 Å². The van der Waals surface area contributed by atoms with Gasteiger partial charge in [-0.1, -0.05) is 29.3 Å². The number of hydrogen-bond acceptors (Lipinski definition) is 4. The molecule has 108 valence electrons. The molecule has 0 atom stereocenters. The fourth-order valence-corrected chi connectivity index (χ4v) is 1.93. The molecule has 0 aliphatic heterocycles. The Balaban J connectivity index is 2.59. The first kappa shape index (κ1) is 15.1. The molecule has 8 heteroatoms. The molecular formula is C13H7Cl2NO5. The van der Waals surface area contributed by atoms with Crippen LogP contribution in [-0.4, -0.2) is 16.0 Å². The van der Waals surface area contributed by atoms with Crippen molar-refractivity contribution in [2.24, 2.45) is 0 Å². The number of carboxylic acid groups (broad SMARTS) is 1. The maximum Gasteiger partial charge on any atom is 0.339 e. The summed E-state index contributed by atoms with van der Waals surface area (Å²) >= 11 is 11.7. The highest BCUT2D eigenvalue weighted by molar-refractivity contribution is 6.34. The summed E-state index contributed by atoms with van der Waals surface area (Å²) in [4.78, 5) is 21.5. The zero-order valence-corrected chi connectivity index (χ0v) is 11.8. The molecule has 0 amide bonds. The highest BCUT2D eigenvalue weighted by Crippen LogP contribution is 2.38. The normalized spacial score (nSPS) is 10.2. The van der Waals surface area contributed by atoms with E-state index >= 15 is 0 Å². The van der Waals surface area contributed by atoms with Crippen molar-refractivity contribution in [3.8, 4) is 11.5 Å². The zero-order valence-electron chi connectivity index (χ0n) is 10.2. The fourth-order valence-electron chi connectivity index (χ4n) is 1.61. The van der Waals surface area contributed by atoms with Crippen molar-refractivity contribution < 1.29 is 19.6 Å². The van der Waals surface area contributed by atoms with Gasteiger partial charge in [-0.2, -0.15) is 0 Å². The molecule has 0 spiro atoms. The number of nitrogens with zero attached hydrogens (tertiary/aromatic N) is 1. The third-order valence-corrected chi connectivity index (χ3v) is 3.07. The van der Waals surface area contributed by atoms with Gasteiger partial charge in [0.25, 0.3) is 0 Å². The molecule has 2 aromatic carbocycles. The summed E-state index contributed by atoms with van der Waals surface area (Å²) in [6.07, 6.45) is 0. The second-order valence-electron chi connectivity index (χ2n) is 3.89. The van der Waals surface area contributed by atoms with Crippen LogP contribution in [0.2, 0.25) is 10.0 Å². The summed E-state index contributed by atoms with van der Waals surface area (Å²) in [5.41, 5.74) is -0.828. The summed E-state index contributed by atoms with van der Waals surface area (Å²) in [5.74, 6) is -1.73. The van der Waals surface area contributed by atoms with Crippen LogP contribution >= 0.6 is 23.2 Å². The number of ether oxygens (including phenoxy) is 1. The molecule has 0 aromatic heterocycles. The Bertz CT molecular complexity index is 700. The standard InChI is InChI=1S/C13H7Cl2NO5/c14-7-4-5-9(15)11(6-7)21-12-8(13(17)18)2-1-3-10(12)16(19)20/h1-6H,(H,17,18). The van der Waals surface area contributed by atoms with Crippen LogP contribution in [0.15, 0.2) is 36.4 Å². The molecule has 0 aliphatic carbocycles. The molecule has 0 saturated heterocycles. The van der Waals surface area contributed by atoms with E-state index in [1.807, 2.05) is 0 Å². The van der Waals surface area contributed by atoms with E-state index in [2.05, 4.69) is 0 Å².